The molecule has 0 aromatic carbocycles. The van der Waals surface area contributed by atoms with E-state index in [1.165, 1.54) is 6.42 Å². The Balaban J connectivity index is 1.83. The lowest BCUT2D eigenvalue weighted by Crippen LogP contribution is -2.47. The van der Waals surface area contributed by atoms with Crippen LogP contribution in [0.3, 0.4) is 0 Å². The molecule has 0 unspecified atom stereocenters. The van der Waals surface area contributed by atoms with Gasteiger partial charge in [0.1, 0.15) is 11.8 Å². The number of hydrogen-bond donors (Lipinski definition) is 1. The molecule has 1 aromatic heterocycles. The van der Waals surface area contributed by atoms with Crippen LogP contribution < -0.4 is 10.1 Å². The summed E-state index contributed by atoms with van der Waals surface area (Å²) in [7, 11) is 1.96. The molecule has 0 bridgehead atoms. The van der Waals surface area contributed by atoms with Crippen molar-refractivity contribution in [3.05, 3.63) is 11.4 Å². The first-order chi connectivity index (χ1) is 8.11. The first kappa shape index (κ1) is 12.4. The van der Waals surface area contributed by atoms with Gasteiger partial charge in [-0.25, -0.2) is 0 Å². The van der Waals surface area contributed by atoms with Crippen LogP contribution in [0.2, 0.25) is 0 Å². The fraction of sp³-hybridized carbons (Fsp3) is 0.769. The second-order valence-corrected chi connectivity index (χ2v) is 4.99. The van der Waals surface area contributed by atoms with E-state index in [1.54, 1.807) is 0 Å². The monoisotopic (exact) mass is 237 g/mol. The number of rotatable bonds is 5. The van der Waals surface area contributed by atoms with Gasteiger partial charge in [0.25, 0.3) is 0 Å². The van der Waals surface area contributed by atoms with Gasteiger partial charge in [0.2, 0.25) is 0 Å². The molecule has 1 fully saturated rings. The van der Waals surface area contributed by atoms with Crippen molar-refractivity contribution < 1.29 is 4.74 Å². The maximum Gasteiger partial charge on any atom is 0.163 e. The highest BCUT2D eigenvalue weighted by Crippen LogP contribution is 2.29. The number of hydrogen-bond acceptors (Lipinski definition) is 3. The van der Waals surface area contributed by atoms with Gasteiger partial charge < -0.3 is 10.1 Å². The summed E-state index contributed by atoms with van der Waals surface area (Å²) in [6.45, 7) is 7.37. The van der Waals surface area contributed by atoms with Crippen LogP contribution in [0.1, 0.15) is 37.6 Å². The Hall–Kier alpha value is -1.03. The number of aromatic nitrogens is 2. The molecule has 0 spiro atoms. The first-order valence-electron chi connectivity index (χ1n) is 6.52. The maximum absolute atomic E-state index is 6.02. The van der Waals surface area contributed by atoms with Crippen LogP contribution >= 0.6 is 0 Å². The summed E-state index contributed by atoms with van der Waals surface area (Å²) in [5.74, 6) is 0.978. The fourth-order valence-electron chi connectivity index (χ4n) is 2.27. The van der Waals surface area contributed by atoms with E-state index in [0.29, 0.717) is 12.1 Å². The van der Waals surface area contributed by atoms with E-state index in [4.69, 9.17) is 4.74 Å². The quantitative estimate of drug-likeness (QED) is 0.850. The SMILES string of the molecule is CCCNC1CC(Oc2c(C)nn(C)c2C)C1. The summed E-state index contributed by atoms with van der Waals surface area (Å²) in [5, 5.41) is 7.88. The van der Waals surface area contributed by atoms with Gasteiger partial charge in [0.15, 0.2) is 5.75 Å². The number of nitrogens with zero attached hydrogens (tertiary/aromatic N) is 2. The van der Waals surface area contributed by atoms with Gasteiger partial charge in [-0.3, -0.25) is 4.68 Å². The summed E-state index contributed by atoms with van der Waals surface area (Å²) in [6, 6.07) is 0.650. The first-order valence-corrected chi connectivity index (χ1v) is 6.52. The van der Waals surface area contributed by atoms with Gasteiger partial charge in [-0.15, -0.1) is 0 Å². The van der Waals surface area contributed by atoms with Gasteiger partial charge >= 0.3 is 0 Å². The van der Waals surface area contributed by atoms with E-state index in [0.717, 1.165) is 36.5 Å². The minimum Gasteiger partial charge on any atom is -0.486 e. The van der Waals surface area contributed by atoms with E-state index in [-0.39, 0.29) is 0 Å². The van der Waals surface area contributed by atoms with E-state index in [2.05, 4.69) is 24.3 Å². The smallest absolute Gasteiger partial charge is 0.163 e. The fourth-order valence-corrected chi connectivity index (χ4v) is 2.27. The minimum atomic E-state index is 0.367. The van der Waals surface area contributed by atoms with E-state index >= 15 is 0 Å². The summed E-state index contributed by atoms with van der Waals surface area (Å²) >= 11 is 0. The highest BCUT2D eigenvalue weighted by Gasteiger charge is 2.31. The zero-order valence-corrected chi connectivity index (χ0v) is 11.3. The Bertz CT molecular complexity index is 380. The van der Waals surface area contributed by atoms with Crippen LogP contribution in [0.15, 0.2) is 0 Å². The van der Waals surface area contributed by atoms with Crippen molar-refractivity contribution in [3.63, 3.8) is 0 Å². The molecule has 1 aromatic rings. The summed E-state index contributed by atoms with van der Waals surface area (Å²) in [5.41, 5.74) is 2.11. The number of nitrogens with one attached hydrogen (secondary N) is 1. The molecule has 1 aliphatic rings. The lowest BCUT2D eigenvalue weighted by Gasteiger charge is -2.36. The minimum absolute atomic E-state index is 0.367. The van der Waals surface area contributed by atoms with Crippen molar-refractivity contribution in [1.29, 1.82) is 0 Å². The Morgan fingerprint density at radius 2 is 2.12 bits per heavy atom. The second kappa shape index (κ2) is 5.08. The van der Waals surface area contributed by atoms with E-state index < -0.39 is 0 Å². The van der Waals surface area contributed by atoms with Crippen LogP contribution in [-0.4, -0.2) is 28.5 Å². The van der Waals surface area contributed by atoms with E-state index in [9.17, 15) is 0 Å². The average Bonchev–Trinajstić information content (AvgIpc) is 2.47. The predicted molar refractivity (Wildman–Crippen MR) is 68.4 cm³/mol. The third-order valence-corrected chi connectivity index (χ3v) is 3.50. The number of aryl methyl sites for hydroxylation is 2. The normalized spacial score (nSPS) is 23.5. The van der Waals surface area contributed by atoms with Crippen LogP contribution in [0, 0.1) is 13.8 Å². The van der Waals surface area contributed by atoms with Crippen molar-refractivity contribution >= 4 is 0 Å². The molecule has 1 heterocycles. The molecule has 1 saturated carbocycles. The maximum atomic E-state index is 6.02. The molecule has 96 valence electrons. The molecule has 0 saturated heterocycles. The molecular formula is C13H23N3O. The molecule has 0 atom stereocenters. The van der Waals surface area contributed by atoms with Gasteiger partial charge in [0.05, 0.1) is 5.69 Å². The Morgan fingerprint density at radius 3 is 2.65 bits per heavy atom. The van der Waals surface area contributed by atoms with E-state index in [1.807, 2.05) is 18.7 Å². The molecule has 1 aliphatic carbocycles. The standard InChI is InChI=1S/C13H23N3O/c1-5-6-14-11-7-12(8-11)17-13-9(2)15-16(4)10(13)3/h11-12,14H,5-8H2,1-4H3. The van der Waals surface area contributed by atoms with Crippen molar-refractivity contribution in [2.45, 2.75) is 52.2 Å². The molecule has 2 rings (SSSR count). The summed E-state index contributed by atoms with van der Waals surface area (Å²) < 4.78 is 7.90. The predicted octanol–water partition coefficient (Wildman–Crippen LogP) is 1.95. The Labute approximate surface area is 103 Å². The number of ether oxygens (including phenoxy) is 1. The van der Waals surface area contributed by atoms with Gasteiger partial charge in [0, 0.05) is 13.1 Å². The van der Waals surface area contributed by atoms with Gasteiger partial charge in [-0.05, 0) is 39.7 Å². The van der Waals surface area contributed by atoms with Crippen molar-refractivity contribution in [2.75, 3.05) is 6.54 Å². The molecular weight excluding hydrogens is 214 g/mol. The van der Waals surface area contributed by atoms with Crippen LogP contribution in [0.4, 0.5) is 0 Å². The Kier molecular flexibility index (Phi) is 3.72. The highest BCUT2D eigenvalue weighted by atomic mass is 16.5. The van der Waals surface area contributed by atoms with Crippen LogP contribution in [0.5, 0.6) is 5.75 Å². The van der Waals surface area contributed by atoms with Crippen LogP contribution in [0.25, 0.3) is 0 Å². The van der Waals surface area contributed by atoms with Gasteiger partial charge in [-0.2, -0.15) is 5.10 Å². The Morgan fingerprint density at radius 1 is 1.41 bits per heavy atom. The van der Waals surface area contributed by atoms with Crippen molar-refractivity contribution in [3.8, 4) is 5.75 Å². The molecule has 1 N–H and O–H groups in total. The molecule has 0 amide bonds. The summed E-state index contributed by atoms with van der Waals surface area (Å²) in [6.07, 6.45) is 3.80. The topological polar surface area (TPSA) is 39.1 Å². The van der Waals surface area contributed by atoms with Gasteiger partial charge in [-0.1, -0.05) is 6.92 Å². The van der Waals surface area contributed by atoms with Crippen molar-refractivity contribution in [2.24, 2.45) is 7.05 Å². The molecule has 0 radical (unpaired) electrons. The molecule has 0 aliphatic heterocycles. The largest absolute Gasteiger partial charge is 0.486 e. The highest BCUT2D eigenvalue weighted by molar-refractivity contribution is 5.32. The van der Waals surface area contributed by atoms with Crippen LogP contribution in [-0.2, 0) is 7.05 Å². The average molecular weight is 237 g/mol. The molecule has 4 heteroatoms. The lowest BCUT2D eigenvalue weighted by atomic mass is 9.89. The zero-order valence-electron chi connectivity index (χ0n) is 11.3. The van der Waals surface area contributed by atoms with Crippen molar-refractivity contribution in [1.82, 2.24) is 15.1 Å². The lowest BCUT2D eigenvalue weighted by molar-refractivity contribution is 0.0838. The zero-order chi connectivity index (χ0) is 12.4. The second-order valence-electron chi connectivity index (χ2n) is 4.99. The summed E-state index contributed by atoms with van der Waals surface area (Å²) in [4.78, 5) is 0. The third kappa shape index (κ3) is 2.63. The molecule has 4 nitrogen and oxygen atoms in total. The molecule has 17 heavy (non-hydrogen) atoms. The third-order valence-electron chi connectivity index (χ3n) is 3.50.